The summed E-state index contributed by atoms with van der Waals surface area (Å²) in [4.78, 5) is 0. The van der Waals surface area contributed by atoms with Crippen molar-refractivity contribution in [2.24, 2.45) is 0 Å². The first kappa shape index (κ1) is 7.07. The SMILES string of the molecule is CC(Cl)C(Cl)C#N. The molecule has 1 nitrogen and oxygen atoms in total. The molecule has 3 heteroatoms. The average Bonchev–Trinajstić information content (AvgIpc) is 1.65. The number of halogens is 2. The molecule has 0 aromatic carbocycles. The Morgan fingerprint density at radius 1 is 1.57 bits per heavy atom. The zero-order chi connectivity index (χ0) is 5.86. The monoisotopic (exact) mass is 137 g/mol. The van der Waals surface area contributed by atoms with E-state index in [2.05, 4.69) is 0 Å². The summed E-state index contributed by atoms with van der Waals surface area (Å²) < 4.78 is 0. The lowest BCUT2D eigenvalue weighted by molar-refractivity contribution is 0.986. The maximum Gasteiger partial charge on any atom is 0.136 e. The molecule has 2 unspecified atom stereocenters. The van der Waals surface area contributed by atoms with E-state index in [1.807, 2.05) is 0 Å². The second kappa shape index (κ2) is 3.12. The van der Waals surface area contributed by atoms with Crippen molar-refractivity contribution in [3.63, 3.8) is 0 Å². The number of rotatable bonds is 1. The second-order valence-corrected chi connectivity index (χ2v) is 2.37. The summed E-state index contributed by atoms with van der Waals surface area (Å²) in [6, 6.07) is 1.80. The fourth-order valence-corrected chi connectivity index (χ4v) is 0.159. The van der Waals surface area contributed by atoms with E-state index in [-0.39, 0.29) is 5.38 Å². The van der Waals surface area contributed by atoms with E-state index in [0.29, 0.717) is 0 Å². The van der Waals surface area contributed by atoms with E-state index >= 15 is 0 Å². The highest BCUT2D eigenvalue weighted by Gasteiger charge is 2.07. The molecule has 0 N–H and O–H groups in total. The van der Waals surface area contributed by atoms with Crippen LogP contribution in [0.2, 0.25) is 0 Å². The summed E-state index contributed by atoms with van der Waals surface area (Å²) in [5, 5.41) is 7.23. The summed E-state index contributed by atoms with van der Waals surface area (Å²) >= 11 is 10.7. The van der Waals surface area contributed by atoms with E-state index in [1.165, 1.54) is 0 Å². The van der Waals surface area contributed by atoms with Crippen LogP contribution in [0, 0.1) is 11.3 Å². The first-order chi connectivity index (χ1) is 3.18. The fourth-order valence-electron chi connectivity index (χ4n) is 0.103. The van der Waals surface area contributed by atoms with Gasteiger partial charge in [0.25, 0.3) is 0 Å². The Balaban J connectivity index is 3.40. The summed E-state index contributed by atoms with van der Waals surface area (Å²) in [7, 11) is 0. The van der Waals surface area contributed by atoms with Crippen molar-refractivity contribution in [2.75, 3.05) is 0 Å². The Labute approximate surface area is 52.8 Å². The lowest BCUT2D eigenvalue weighted by Crippen LogP contribution is -2.06. The minimum absolute atomic E-state index is 0.258. The molecule has 2 atom stereocenters. The van der Waals surface area contributed by atoms with Gasteiger partial charge in [-0.3, -0.25) is 0 Å². The highest BCUT2D eigenvalue weighted by atomic mass is 35.5. The van der Waals surface area contributed by atoms with Crippen molar-refractivity contribution in [3.05, 3.63) is 0 Å². The van der Waals surface area contributed by atoms with E-state index in [4.69, 9.17) is 28.5 Å². The van der Waals surface area contributed by atoms with E-state index in [9.17, 15) is 0 Å². The quantitative estimate of drug-likeness (QED) is 0.506. The second-order valence-electron chi connectivity index (χ2n) is 1.21. The van der Waals surface area contributed by atoms with Crippen molar-refractivity contribution in [3.8, 4) is 6.07 Å². The Morgan fingerprint density at radius 2 is 2.00 bits per heavy atom. The smallest absolute Gasteiger partial charge is 0.136 e. The Morgan fingerprint density at radius 3 is 2.00 bits per heavy atom. The predicted octanol–water partition coefficient (Wildman–Crippen LogP) is 1.74. The van der Waals surface area contributed by atoms with Crippen molar-refractivity contribution in [1.82, 2.24) is 0 Å². The highest BCUT2D eigenvalue weighted by molar-refractivity contribution is 6.31. The highest BCUT2D eigenvalue weighted by Crippen LogP contribution is 2.06. The molecule has 0 amide bonds. The number of alkyl halides is 2. The molecular formula is C4H5Cl2N. The van der Waals surface area contributed by atoms with E-state index in [1.54, 1.807) is 13.0 Å². The van der Waals surface area contributed by atoms with Crippen LogP contribution in [0.15, 0.2) is 0 Å². The Kier molecular flexibility index (Phi) is 3.15. The van der Waals surface area contributed by atoms with Gasteiger partial charge in [0.1, 0.15) is 5.38 Å². The zero-order valence-electron chi connectivity index (χ0n) is 3.86. The number of hydrogen-bond donors (Lipinski definition) is 0. The molecule has 0 aromatic rings. The molecule has 0 rings (SSSR count). The molecule has 0 radical (unpaired) electrons. The van der Waals surface area contributed by atoms with Gasteiger partial charge in [0.15, 0.2) is 0 Å². The molecule has 0 bridgehead atoms. The van der Waals surface area contributed by atoms with Gasteiger partial charge in [-0.15, -0.1) is 23.2 Å². The fraction of sp³-hybridized carbons (Fsp3) is 0.750. The molecule has 0 saturated heterocycles. The molecular weight excluding hydrogens is 133 g/mol. The third-order valence-electron chi connectivity index (χ3n) is 0.527. The topological polar surface area (TPSA) is 23.8 Å². The zero-order valence-corrected chi connectivity index (χ0v) is 5.37. The van der Waals surface area contributed by atoms with Crippen LogP contribution in [0.1, 0.15) is 6.92 Å². The van der Waals surface area contributed by atoms with Gasteiger partial charge in [-0.2, -0.15) is 5.26 Å². The van der Waals surface area contributed by atoms with Crippen LogP contribution in [0.4, 0.5) is 0 Å². The number of hydrogen-bond acceptors (Lipinski definition) is 1. The average molecular weight is 138 g/mol. The predicted molar refractivity (Wildman–Crippen MR) is 30.6 cm³/mol. The third kappa shape index (κ3) is 2.73. The third-order valence-corrected chi connectivity index (χ3v) is 1.38. The summed E-state index contributed by atoms with van der Waals surface area (Å²) in [5.41, 5.74) is 0. The minimum Gasteiger partial charge on any atom is -0.197 e. The van der Waals surface area contributed by atoms with Gasteiger partial charge in [-0.05, 0) is 6.92 Å². The molecule has 0 heterocycles. The van der Waals surface area contributed by atoms with Crippen LogP contribution in [-0.2, 0) is 0 Å². The molecule has 0 saturated carbocycles. The first-order valence-electron chi connectivity index (χ1n) is 1.86. The van der Waals surface area contributed by atoms with Gasteiger partial charge in [0.2, 0.25) is 0 Å². The van der Waals surface area contributed by atoms with Gasteiger partial charge >= 0.3 is 0 Å². The largest absolute Gasteiger partial charge is 0.197 e. The van der Waals surface area contributed by atoms with Crippen LogP contribution in [0.5, 0.6) is 0 Å². The normalized spacial score (nSPS) is 17.4. The minimum atomic E-state index is -0.554. The van der Waals surface area contributed by atoms with E-state index in [0.717, 1.165) is 0 Å². The number of nitriles is 1. The summed E-state index contributed by atoms with van der Waals surface area (Å²) in [6.07, 6.45) is 0. The van der Waals surface area contributed by atoms with Crippen LogP contribution in [0.3, 0.4) is 0 Å². The van der Waals surface area contributed by atoms with Gasteiger partial charge in [-0.25, -0.2) is 0 Å². The molecule has 7 heavy (non-hydrogen) atoms. The Hall–Kier alpha value is 0.0700. The maximum absolute atomic E-state index is 8.04. The summed E-state index contributed by atoms with van der Waals surface area (Å²) in [5.74, 6) is 0. The number of nitrogens with zero attached hydrogens (tertiary/aromatic N) is 1. The van der Waals surface area contributed by atoms with Crippen molar-refractivity contribution >= 4 is 23.2 Å². The standard InChI is InChI=1S/C4H5Cl2N/c1-3(5)4(6)2-7/h3-4H,1H3. The molecule has 0 aliphatic heterocycles. The Bertz CT molecular complexity index is 84.2. The molecule has 0 spiro atoms. The van der Waals surface area contributed by atoms with Crippen LogP contribution < -0.4 is 0 Å². The van der Waals surface area contributed by atoms with Gasteiger partial charge < -0.3 is 0 Å². The lowest BCUT2D eigenvalue weighted by atomic mass is 10.4. The lowest BCUT2D eigenvalue weighted by Gasteiger charge is -1.97. The first-order valence-corrected chi connectivity index (χ1v) is 2.73. The van der Waals surface area contributed by atoms with Gasteiger partial charge in [0, 0.05) is 0 Å². The van der Waals surface area contributed by atoms with Crippen molar-refractivity contribution in [2.45, 2.75) is 17.7 Å². The van der Waals surface area contributed by atoms with Crippen LogP contribution in [-0.4, -0.2) is 10.8 Å². The maximum atomic E-state index is 8.04. The van der Waals surface area contributed by atoms with Crippen LogP contribution >= 0.6 is 23.2 Å². The molecule has 0 aliphatic carbocycles. The van der Waals surface area contributed by atoms with Crippen molar-refractivity contribution < 1.29 is 0 Å². The molecule has 0 aliphatic rings. The van der Waals surface area contributed by atoms with Crippen molar-refractivity contribution in [1.29, 1.82) is 5.26 Å². The molecule has 40 valence electrons. The van der Waals surface area contributed by atoms with Crippen LogP contribution in [0.25, 0.3) is 0 Å². The molecule has 0 aromatic heterocycles. The van der Waals surface area contributed by atoms with E-state index < -0.39 is 5.38 Å². The van der Waals surface area contributed by atoms with Gasteiger partial charge in [-0.1, -0.05) is 0 Å². The summed E-state index contributed by atoms with van der Waals surface area (Å²) in [6.45, 7) is 1.68. The molecule has 0 fully saturated rings. The van der Waals surface area contributed by atoms with Gasteiger partial charge in [0.05, 0.1) is 11.4 Å².